The summed E-state index contributed by atoms with van der Waals surface area (Å²) in [6.45, 7) is 3.45. The van der Waals surface area contributed by atoms with Gasteiger partial charge in [-0.1, -0.05) is 54.6 Å². The first-order valence-corrected chi connectivity index (χ1v) is 19.9. The van der Waals surface area contributed by atoms with Gasteiger partial charge in [0.1, 0.15) is 41.1 Å². The van der Waals surface area contributed by atoms with Crippen molar-refractivity contribution >= 4 is 11.8 Å². The zero-order valence-corrected chi connectivity index (χ0v) is 33.3. The van der Waals surface area contributed by atoms with Gasteiger partial charge in [-0.25, -0.2) is 9.59 Å². The van der Waals surface area contributed by atoms with Crippen LogP contribution >= 0.6 is 11.8 Å². The first-order valence-electron chi connectivity index (χ1n) is 18.9. The number of aliphatic hydroxyl groups is 1. The van der Waals surface area contributed by atoms with E-state index >= 15 is 0 Å². The lowest BCUT2D eigenvalue weighted by Gasteiger charge is -2.37. The van der Waals surface area contributed by atoms with Crippen LogP contribution in [0.4, 0.5) is 0 Å². The molecule has 3 aromatic carbocycles. The van der Waals surface area contributed by atoms with E-state index in [0.29, 0.717) is 28.4 Å². The second-order valence-corrected chi connectivity index (χ2v) is 15.4. The number of hydrogen-bond acceptors (Lipinski definition) is 12. The molecule has 4 heterocycles. The zero-order valence-electron chi connectivity index (χ0n) is 32.5. The molecule has 2 aliphatic rings. The van der Waals surface area contributed by atoms with Crippen molar-refractivity contribution in [3.63, 3.8) is 0 Å². The maximum absolute atomic E-state index is 13.0. The van der Waals surface area contributed by atoms with E-state index < -0.39 is 64.3 Å². The van der Waals surface area contributed by atoms with Crippen LogP contribution in [-0.4, -0.2) is 81.1 Å². The summed E-state index contributed by atoms with van der Waals surface area (Å²) in [6, 6.07) is 25.2. The van der Waals surface area contributed by atoms with Crippen molar-refractivity contribution in [1.82, 2.24) is 19.1 Å². The molecule has 0 radical (unpaired) electrons. The quantitative estimate of drug-likeness (QED) is 0.103. The number of nitrogens with zero attached hydrogens (tertiary/aromatic N) is 2. The van der Waals surface area contributed by atoms with Crippen LogP contribution in [0.3, 0.4) is 0 Å². The fraction of sp³-hybridized carbons (Fsp3) is 0.381. The maximum atomic E-state index is 13.0. The molecule has 2 aromatic heterocycles. The minimum Gasteiger partial charge on any atom is -0.497 e. The van der Waals surface area contributed by atoms with Crippen molar-refractivity contribution < 1.29 is 33.5 Å². The van der Waals surface area contributed by atoms with Gasteiger partial charge >= 0.3 is 11.4 Å². The molecular formula is C42H46N4O11S. The van der Waals surface area contributed by atoms with Gasteiger partial charge < -0.3 is 33.5 Å². The molecule has 2 fully saturated rings. The number of thioether (sulfide) groups is 1. The predicted octanol–water partition coefficient (Wildman–Crippen LogP) is 3.74. The second kappa shape index (κ2) is 17.7. The molecule has 58 heavy (non-hydrogen) atoms. The fourth-order valence-electron chi connectivity index (χ4n) is 7.39. The molecular weight excluding hydrogens is 769 g/mol. The number of methoxy groups -OCH3 is 2. The number of hydrogen-bond donors (Lipinski definition) is 3. The summed E-state index contributed by atoms with van der Waals surface area (Å²) in [6.07, 6.45) is -0.284. The minimum absolute atomic E-state index is 0.0256. The summed E-state index contributed by atoms with van der Waals surface area (Å²) < 4.78 is 39.9. The van der Waals surface area contributed by atoms with Gasteiger partial charge in [0.05, 0.1) is 39.6 Å². The van der Waals surface area contributed by atoms with E-state index in [0.717, 1.165) is 16.7 Å². The van der Waals surface area contributed by atoms with Crippen LogP contribution in [0.5, 0.6) is 11.5 Å². The largest absolute Gasteiger partial charge is 0.497 e. The highest BCUT2D eigenvalue weighted by atomic mass is 32.2. The summed E-state index contributed by atoms with van der Waals surface area (Å²) in [5.41, 5.74) is -0.752. The normalized spacial score (nSPS) is 21.9. The number of aromatic nitrogens is 4. The van der Waals surface area contributed by atoms with Crippen LogP contribution in [0, 0.1) is 13.8 Å². The van der Waals surface area contributed by atoms with Crippen molar-refractivity contribution in [2.45, 2.75) is 68.5 Å². The standard InChI is InChI=1S/C42H46N4O11S/c1-25-22-45(40(50)43-37(25)48)35-20-32(47)39(57-35)58-19-18-54-33-21-36(46-23-26(2)38(49)44-41(46)51)56-34(33)24-55-42(27-8-6-5-7-9-27,28-10-14-30(52-3)15-11-28)29-12-16-31(53-4)17-13-29/h5-17,22-23,32-36,39,47H,18-21,24H2,1-4H3,(H,43,48,50)(H,44,49,51)/t32?,33-,34+,35?,36+,39?/m0/s1. The van der Waals surface area contributed by atoms with Crippen molar-refractivity contribution in [3.8, 4) is 11.5 Å². The summed E-state index contributed by atoms with van der Waals surface area (Å²) in [4.78, 5) is 54.3. The van der Waals surface area contributed by atoms with Gasteiger partial charge in [-0.3, -0.25) is 28.7 Å². The van der Waals surface area contributed by atoms with Gasteiger partial charge in [-0.05, 0) is 54.8 Å². The summed E-state index contributed by atoms with van der Waals surface area (Å²) in [7, 11) is 3.22. The van der Waals surface area contributed by atoms with E-state index in [1.807, 2.05) is 78.9 Å². The molecule has 3 N–H and O–H groups in total. The fourth-order valence-corrected chi connectivity index (χ4v) is 8.35. The minimum atomic E-state index is -1.15. The lowest BCUT2D eigenvalue weighted by Crippen LogP contribution is -2.39. The smallest absolute Gasteiger partial charge is 0.330 e. The third kappa shape index (κ3) is 8.48. The Morgan fingerprint density at radius 1 is 0.741 bits per heavy atom. The molecule has 16 heteroatoms. The SMILES string of the molecule is COc1ccc(C(OC[C@H]2O[C@@H](n3cc(C)c(=O)[nH]c3=O)C[C@@H]2OCCSC2OC(n3cc(C)c(=O)[nH]c3=O)CC2O)(c2ccccc2)c2ccc(OC)cc2)cc1. The molecule has 0 aliphatic carbocycles. The molecule has 0 bridgehead atoms. The van der Waals surface area contributed by atoms with Gasteiger partial charge in [0.25, 0.3) is 11.1 Å². The Kier molecular flexibility index (Phi) is 12.5. The van der Waals surface area contributed by atoms with Crippen LogP contribution in [0.15, 0.2) is 110 Å². The van der Waals surface area contributed by atoms with Gasteiger partial charge in [0.15, 0.2) is 0 Å². The third-order valence-electron chi connectivity index (χ3n) is 10.5. The average molecular weight is 815 g/mol. The summed E-state index contributed by atoms with van der Waals surface area (Å²) in [5.74, 6) is 1.77. The lowest BCUT2D eigenvalue weighted by molar-refractivity contribution is -0.103. The first kappa shape index (κ1) is 40.9. The molecule has 6 atom stereocenters. The molecule has 0 amide bonds. The molecule has 306 valence electrons. The Balaban J connectivity index is 1.14. The highest BCUT2D eigenvalue weighted by Gasteiger charge is 2.43. The van der Waals surface area contributed by atoms with E-state index in [1.165, 1.54) is 33.3 Å². The predicted molar refractivity (Wildman–Crippen MR) is 216 cm³/mol. The van der Waals surface area contributed by atoms with Crippen molar-refractivity contribution in [1.29, 1.82) is 0 Å². The maximum Gasteiger partial charge on any atom is 0.330 e. The van der Waals surface area contributed by atoms with Gasteiger partial charge in [-0.2, -0.15) is 0 Å². The highest BCUT2D eigenvalue weighted by Crippen LogP contribution is 2.43. The second-order valence-electron chi connectivity index (χ2n) is 14.2. The molecule has 5 aromatic rings. The molecule has 3 unspecified atom stereocenters. The van der Waals surface area contributed by atoms with Gasteiger partial charge in [0.2, 0.25) is 0 Å². The summed E-state index contributed by atoms with van der Waals surface area (Å²) >= 11 is 1.33. The van der Waals surface area contributed by atoms with Crippen LogP contribution in [-0.2, 0) is 24.5 Å². The number of nitrogens with one attached hydrogen (secondary N) is 2. The van der Waals surface area contributed by atoms with E-state index in [1.54, 1.807) is 28.1 Å². The van der Waals surface area contributed by atoms with E-state index in [-0.39, 0.29) is 26.1 Å². The Morgan fingerprint density at radius 3 is 1.79 bits per heavy atom. The molecule has 0 spiro atoms. The Hall–Kier alpha value is -5.23. The Bertz CT molecular complexity index is 2370. The number of ether oxygens (including phenoxy) is 6. The van der Waals surface area contributed by atoms with Crippen LogP contribution in [0.25, 0.3) is 0 Å². The topological polar surface area (TPSA) is 185 Å². The van der Waals surface area contributed by atoms with Gasteiger partial charge in [0, 0.05) is 42.1 Å². The highest BCUT2D eigenvalue weighted by molar-refractivity contribution is 7.99. The van der Waals surface area contributed by atoms with Crippen molar-refractivity contribution in [2.75, 3.05) is 33.2 Å². The van der Waals surface area contributed by atoms with E-state index in [9.17, 15) is 24.3 Å². The molecule has 2 saturated heterocycles. The zero-order chi connectivity index (χ0) is 41.0. The van der Waals surface area contributed by atoms with Gasteiger partial charge in [-0.15, -0.1) is 11.8 Å². The average Bonchev–Trinajstić information content (AvgIpc) is 3.82. The number of benzene rings is 3. The number of aliphatic hydroxyl groups excluding tert-OH is 1. The van der Waals surface area contributed by atoms with Crippen LogP contribution in [0.2, 0.25) is 0 Å². The molecule has 7 rings (SSSR count). The number of aryl methyl sites for hydroxylation is 2. The van der Waals surface area contributed by atoms with Crippen LogP contribution < -0.4 is 32.0 Å². The number of aromatic amines is 2. The number of rotatable bonds is 15. The molecule has 15 nitrogen and oxygen atoms in total. The van der Waals surface area contributed by atoms with E-state index in [2.05, 4.69) is 9.97 Å². The lowest BCUT2D eigenvalue weighted by atomic mass is 9.80. The number of H-pyrrole nitrogens is 2. The molecule has 2 aliphatic heterocycles. The first-order chi connectivity index (χ1) is 28.0. The van der Waals surface area contributed by atoms with Crippen molar-refractivity contribution in [2.24, 2.45) is 0 Å². The summed E-state index contributed by atoms with van der Waals surface area (Å²) in [5, 5.41) is 10.8. The monoisotopic (exact) mass is 814 g/mol. The Morgan fingerprint density at radius 2 is 1.26 bits per heavy atom. The molecule has 0 saturated carbocycles. The van der Waals surface area contributed by atoms with Crippen LogP contribution in [0.1, 0.15) is 53.1 Å². The van der Waals surface area contributed by atoms with Crippen molar-refractivity contribution in [3.05, 3.63) is 161 Å². The third-order valence-corrected chi connectivity index (χ3v) is 11.6. The van der Waals surface area contributed by atoms with E-state index in [4.69, 9.17) is 28.4 Å². The Labute approximate surface area is 337 Å².